The summed E-state index contributed by atoms with van der Waals surface area (Å²) in [5, 5.41) is 4.48. The Balaban J connectivity index is 1.88. The third-order valence-corrected chi connectivity index (χ3v) is 3.92. The lowest BCUT2D eigenvalue weighted by Crippen LogP contribution is -2.37. The minimum atomic E-state index is -0.393. The van der Waals surface area contributed by atoms with Gasteiger partial charge in [-0.1, -0.05) is 43.1 Å². The molecule has 0 aliphatic carbocycles. The summed E-state index contributed by atoms with van der Waals surface area (Å²) in [6.45, 7) is 2.44. The maximum atomic E-state index is 12.9. The van der Waals surface area contributed by atoms with Gasteiger partial charge in [-0.3, -0.25) is 14.5 Å². The van der Waals surface area contributed by atoms with Crippen LogP contribution in [0.5, 0.6) is 0 Å². The van der Waals surface area contributed by atoms with Crippen molar-refractivity contribution in [3.8, 4) is 0 Å². The number of para-hydroxylation sites is 1. The van der Waals surface area contributed by atoms with Crippen LogP contribution in [0, 0.1) is 0 Å². The Labute approximate surface area is 139 Å². The molecular formula is C18H19N3O3. The van der Waals surface area contributed by atoms with Crippen LogP contribution >= 0.6 is 0 Å². The molecule has 3 aromatic rings. The molecule has 24 heavy (non-hydrogen) atoms. The summed E-state index contributed by atoms with van der Waals surface area (Å²) in [5.41, 5.74) is 1.54. The standard InChI is InChI=1S/C18H19N3O3/c1-2-3-6-9-21(17(22)14-11-19-24-12-14)18(23)16-10-13-7-4-5-8-15(13)20-16/h4-5,7-8,10-12,20H,2-3,6,9H2,1H3. The van der Waals surface area contributed by atoms with Gasteiger partial charge in [-0.15, -0.1) is 0 Å². The number of rotatable bonds is 6. The van der Waals surface area contributed by atoms with Crippen molar-refractivity contribution in [2.24, 2.45) is 0 Å². The van der Waals surface area contributed by atoms with Gasteiger partial charge in [0.05, 0.1) is 11.8 Å². The topological polar surface area (TPSA) is 79.2 Å². The zero-order valence-corrected chi connectivity index (χ0v) is 13.5. The minimum absolute atomic E-state index is 0.274. The van der Waals surface area contributed by atoms with E-state index in [1.807, 2.05) is 24.3 Å². The molecular weight excluding hydrogens is 306 g/mol. The van der Waals surface area contributed by atoms with Crippen molar-refractivity contribution in [1.29, 1.82) is 0 Å². The van der Waals surface area contributed by atoms with Gasteiger partial charge in [-0.05, 0) is 18.6 Å². The maximum absolute atomic E-state index is 12.9. The van der Waals surface area contributed by atoms with Gasteiger partial charge in [-0.25, -0.2) is 0 Å². The molecule has 0 radical (unpaired) electrons. The van der Waals surface area contributed by atoms with E-state index in [4.69, 9.17) is 4.52 Å². The van der Waals surface area contributed by atoms with E-state index in [0.29, 0.717) is 12.2 Å². The normalized spacial score (nSPS) is 10.9. The van der Waals surface area contributed by atoms with Gasteiger partial charge in [0.25, 0.3) is 11.8 Å². The molecule has 2 aromatic heterocycles. The molecule has 0 spiro atoms. The minimum Gasteiger partial charge on any atom is -0.364 e. The maximum Gasteiger partial charge on any atom is 0.277 e. The molecule has 0 unspecified atom stereocenters. The first kappa shape index (κ1) is 16.0. The number of fused-ring (bicyclic) bond motifs is 1. The van der Waals surface area contributed by atoms with E-state index in [1.54, 1.807) is 6.07 Å². The Bertz CT molecular complexity index is 803. The summed E-state index contributed by atoms with van der Waals surface area (Å²) in [4.78, 5) is 29.8. The number of amides is 2. The molecule has 0 saturated heterocycles. The molecule has 2 amide bonds. The Morgan fingerprint density at radius 1 is 1.21 bits per heavy atom. The zero-order valence-electron chi connectivity index (χ0n) is 13.5. The van der Waals surface area contributed by atoms with Crippen molar-refractivity contribution in [1.82, 2.24) is 15.0 Å². The number of imide groups is 1. The molecule has 0 atom stereocenters. The van der Waals surface area contributed by atoms with E-state index >= 15 is 0 Å². The van der Waals surface area contributed by atoms with Crippen molar-refractivity contribution < 1.29 is 14.1 Å². The Morgan fingerprint density at radius 3 is 2.75 bits per heavy atom. The summed E-state index contributed by atoms with van der Waals surface area (Å²) in [5.74, 6) is -0.732. The van der Waals surface area contributed by atoms with Crippen LogP contribution in [0.25, 0.3) is 10.9 Å². The summed E-state index contributed by atoms with van der Waals surface area (Å²) in [6.07, 6.45) is 5.31. The second kappa shape index (κ2) is 7.12. The molecule has 0 fully saturated rings. The quantitative estimate of drug-likeness (QED) is 0.554. The lowest BCUT2D eigenvalue weighted by Gasteiger charge is -2.19. The number of carbonyl (C=O) groups excluding carboxylic acids is 2. The smallest absolute Gasteiger partial charge is 0.277 e. The third kappa shape index (κ3) is 3.22. The number of unbranched alkanes of at least 4 members (excludes halogenated alkanes) is 2. The molecule has 6 nitrogen and oxygen atoms in total. The summed E-state index contributed by atoms with van der Waals surface area (Å²) in [6, 6.07) is 9.40. The highest BCUT2D eigenvalue weighted by atomic mass is 16.5. The van der Waals surface area contributed by atoms with Crippen molar-refractivity contribution in [2.45, 2.75) is 26.2 Å². The fourth-order valence-electron chi connectivity index (χ4n) is 2.62. The first-order valence-corrected chi connectivity index (χ1v) is 8.04. The van der Waals surface area contributed by atoms with Crippen LogP contribution in [0.1, 0.15) is 47.0 Å². The van der Waals surface area contributed by atoms with Gasteiger partial charge in [0, 0.05) is 17.4 Å². The number of aromatic amines is 1. The third-order valence-electron chi connectivity index (χ3n) is 3.92. The molecule has 1 aromatic carbocycles. The van der Waals surface area contributed by atoms with E-state index in [1.165, 1.54) is 17.4 Å². The number of nitrogens with one attached hydrogen (secondary N) is 1. The molecule has 6 heteroatoms. The molecule has 0 aliphatic rings. The molecule has 0 saturated carbocycles. The van der Waals surface area contributed by atoms with E-state index in [-0.39, 0.29) is 11.5 Å². The Kier molecular flexibility index (Phi) is 4.74. The highest BCUT2D eigenvalue weighted by Crippen LogP contribution is 2.17. The molecule has 2 heterocycles. The van der Waals surface area contributed by atoms with Gasteiger partial charge < -0.3 is 9.51 Å². The van der Waals surface area contributed by atoms with Crippen LogP contribution in [-0.4, -0.2) is 33.4 Å². The Morgan fingerprint density at radius 2 is 2.04 bits per heavy atom. The van der Waals surface area contributed by atoms with E-state index in [2.05, 4.69) is 17.1 Å². The molecule has 3 rings (SSSR count). The fraction of sp³-hybridized carbons (Fsp3) is 0.278. The second-order valence-corrected chi connectivity index (χ2v) is 5.65. The lowest BCUT2D eigenvalue weighted by molar-refractivity contribution is 0.0610. The highest BCUT2D eigenvalue weighted by Gasteiger charge is 2.26. The largest absolute Gasteiger partial charge is 0.364 e. The van der Waals surface area contributed by atoms with Crippen molar-refractivity contribution >= 4 is 22.7 Å². The number of benzene rings is 1. The Hall–Kier alpha value is -2.89. The number of carbonyl (C=O) groups is 2. The number of aromatic nitrogens is 2. The average molecular weight is 325 g/mol. The van der Waals surface area contributed by atoms with E-state index < -0.39 is 5.91 Å². The number of H-pyrrole nitrogens is 1. The van der Waals surface area contributed by atoms with Crippen LogP contribution in [-0.2, 0) is 0 Å². The molecule has 1 N–H and O–H groups in total. The van der Waals surface area contributed by atoms with E-state index in [0.717, 1.165) is 30.2 Å². The predicted molar refractivity (Wildman–Crippen MR) is 89.7 cm³/mol. The average Bonchev–Trinajstić information content (AvgIpc) is 3.27. The van der Waals surface area contributed by atoms with Crippen molar-refractivity contribution in [2.75, 3.05) is 6.54 Å². The van der Waals surface area contributed by atoms with Gasteiger partial charge in [-0.2, -0.15) is 0 Å². The van der Waals surface area contributed by atoms with E-state index in [9.17, 15) is 9.59 Å². The van der Waals surface area contributed by atoms with Crippen LogP contribution in [0.2, 0.25) is 0 Å². The van der Waals surface area contributed by atoms with Crippen LogP contribution < -0.4 is 0 Å². The summed E-state index contributed by atoms with van der Waals surface area (Å²) in [7, 11) is 0. The van der Waals surface area contributed by atoms with Gasteiger partial charge in [0.15, 0.2) is 0 Å². The SMILES string of the molecule is CCCCCN(C(=O)c1cnoc1)C(=O)c1cc2ccccc2[nH]1. The summed E-state index contributed by atoms with van der Waals surface area (Å²) < 4.78 is 4.73. The van der Waals surface area contributed by atoms with Gasteiger partial charge >= 0.3 is 0 Å². The summed E-state index contributed by atoms with van der Waals surface area (Å²) >= 11 is 0. The first-order chi connectivity index (χ1) is 11.7. The monoisotopic (exact) mass is 325 g/mol. The van der Waals surface area contributed by atoms with Crippen molar-refractivity contribution in [3.63, 3.8) is 0 Å². The van der Waals surface area contributed by atoms with Crippen LogP contribution in [0.15, 0.2) is 47.3 Å². The number of nitrogens with zero attached hydrogens (tertiary/aromatic N) is 2. The second-order valence-electron chi connectivity index (χ2n) is 5.65. The molecule has 124 valence electrons. The highest BCUT2D eigenvalue weighted by molar-refractivity contribution is 6.10. The van der Waals surface area contributed by atoms with Gasteiger partial charge in [0.2, 0.25) is 0 Å². The van der Waals surface area contributed by atoms with Crippen molar-refractivity contribution in [3.05, 3.63) is 54.0 Å². The number of hydrogen-bond acceptors (Lipinski definition) is 4. The predicted octanol–water partition coefficient (Wildman–Crippen LogP) is 3.63. The first-order valence-electron chi connectivity index (χ1n) is 8.04. The zero-order chi connectivity index (χ0) is 16.9. The molecule has 0 bridgehead atoms. The molecule has 0 aliphatic heterocycles. The fourth-order valence-corrected chi connectivity index (χ4v) is 2.62. The lowest BCUT2D eigenvalue weighted by atomic mass is 10.2. The van der Waals surface area contributed by atoms with Gasteiger partial charge in [0.1, 0.15) is 12.0 Å². The van der Waals surface area contributed by atoms with Crippen LogP contribution in [0.4, 0.5) is 0 Å². The van der Waals surface area contributed by atoms with Crippen LogP contribution in [0.3, 0.4) is 0 Å². The number of hydrogen-bond donors (Lipinski definition) is 1.